The van der Waals surface area contributed by atoms with Crippen LogP contribution in [0.5, 0.6) is 0 Å². The molecule has 2 aromatic carbocycles. The zero-order chi connectivity index (χ0) is 21.6. The first-order chi connectivity index (χ1) is 14.3. The fraction of sp³-hybridized carbons (Fsp3) is 0.364. The maximum absolute atomic E-state index is 12.8. The molecule has 1 N–H and O–H groups in total. The fourth-order valence-corrected chi connectivity index (χ4v) is 4.07. The molecule has 0 spiro atoms. The van der Waals surface area contributed by atoms with E-state index in [1.807, 2.05) is 35.2 Å². The Kier molecular flexibility index (Phi) is 7.10. The highest BCUT2D eigenvalue weighted by Crippen LogP contribution is 2.15. The lowest BCUT2D eigenvalue weighted by atomic mass is 10.1. The van der Waals surface area contributed by atoms with Crippen molar-refractivity contribution >= 4 is 27.5 Å². The van der Waals surface area contributed by atoms with Crippen LogP contribution in [0.2, 0.25) is 0 Å². The van der Waals surface area contributed by atoms with Gasteiger partial charge in [0.05, 0.1) is 6.26 Å². The summed E-state index contributed by atoms with van der Waals surface area (Å²) in [6, 6.07) is 16.3. The first kappa shape index (κ1) is 21.8. The normalized spacial score (nSPS) is 14.8. The molecular weight excluding hydrogens is 402 g/mol. The summed E-state index contributed by atoms with van der Waals surface area (Å²) in [6.07, 6.45) is 2.99. The molecule has 0 aliphatic carbocycles. The van der Waals surface area contributed by atoms with Gasteiger partial charge in [0, 0.05) is 43.9 Å². The van der Waals surface area contributed by atoms with Crippen LogP contribution in [0, 0.1) is 0 Å². The van der Waals surface area contributed by atoms with Crippen molar-refractivity contribution in [2.24, 2.45) is 0 Å². The van der Waals surface area contributed by atoms with Crippen molar-refractivity contribution in [3.05, 3.63) is 65.7 Å². The molecule has 160 valence electrons. The Hall–Kier alpha value is -2.87. The molecule has 0 unspecified atom stereocenters. The first-order valence-electron chi connectivity index (χ1n) is 10.0. The summed E-state index contributed by atoms with van der Waals surface area (Å²) in [6.45, 7) is 2.24. The second kappa shape index (κ2) is 9.75. The minimum atomic E-state index is -3.36. The summed E-state index contributed by atoms with van der Waals surface area (Å²) in [5, 5.41) is 0. The topological polar surface area (TPSA) is 86.8 Å². The van der Waals surface area contributed by atoms with Crippen LogP contribution in [-0.2, 0) is 21.2 Å². The lowest BCUT2D eigenvalue weighted by Crippen LogP contribution is -2.37. The van der Waals surface area contributed by atoms with Gasteiger partial charge < -0.3 is 9.80 Å². The van der Waals surface area contributed by atoms with Crippen LogP contribution in [0.4, 0.5) is 5.69 Å². The van der Waals surface area contributed by atoms with Crippen molar-refractivity contribution in [1.29, 1.82) is 0 Å². The van der Waals surface area contributed by atoms with Crippen LogP contribution in [0.15, 0.2) is 54.6 Å². The van der Waals surface area contributed by atoms with Gasteiger partial charge in [0.15, 0.2) is 0 Å². The van der Waals surface area contributed by atoms with Crippen molar-refractivity contribution in [3.8, 4) is 0 Å². The van der Waals surface area contributed by atoms with Gasteiger partial charge in [0.25, 0.3) is 5.91 Å². The van der Waals surface area contributed by atoms with Crippen molar-refractivity contribution in [3.63, 3.8) is 0 Å². The van der Waals surface area contributed by atoms with E-state index >= 15 is 0 Å². The van der Waals surface area contributed by atoms with Crippen LogP contribution < -0.4 is 4.72 Å². The van der Waals surface area contributed by atoms with Gasteiger partial charge in [-0.15, -0.1) is 0 Å². The summed E-state index contributed by atoms with van der Waals surface area (Å²) in [5.41, 5.74) is 2.06. The highest BCUT2D eigenvalue weighted by molar-refractivity contribution is 7.92. The van der Waals surface area contributed by atoms with Gasteiger partial charge in [-0.2, -0.15) is 0 Å². The zero-order valence-electron chi connectivity index (χ0n) is 17.1. The molecule has 0 saturated carbocycles. The van der Waals surface area contributed by atoms with E-state index in [0.29, 0.717) is 50.3 Å². The molecule has 7 nitrogen and oxygen atoms in total. The predicted molar refractivity (Wildman–Crippen MR) is 117 cm³/mol. The van der Waals surface area contributed by atoms with Crippen molar-refractivity contribution in [1.82, 2.24) is 9.80 Å². The van der Waals surface area contributed by atoms with Crippen LogP contribution >= 0.6 is 0 Å². The molecule has 1 saturated heterocycles. The van der Waals surface area contributed by atoms with Crippen LogP contribution in [0.25, 0.3) is 0 Å². The number of benzene rings is 2. The van der Waals surface area contributed by atoms with Crippen molar-refractivity contribution in [2.75, 3.05) is 37.2 Å². The van der Waals surface area contributed by atoms with Crippen LogP contribution in [0.3, 0.4) is 0 Å². The Bertz CT molecular complexity index is 975. The third-order valence-corrected chi connectivity index (χ3v) is 5.65. The lowest BCUT2D eigenvalue weighted by molar-refractivity contribution is -0.131. The van der Waals surface area contributed by atoms with Gasteiger partial charge in [-0.05, 0) is 42.7 Å². The Morgan fingerprint density at radius 2 is 1.53 bits per heavy atom. The molecule has 2 aromatic rings. The number of amides is 2. The molecule has 1 aliphatic heterocycles. The second-order valence-electron chi connectivity index (χ2n) is 7.46. The molecule has 30 heavy (non-hydrogen) atoms. The molecule has 1 aliphatic rings. The Balaban J connectivity index is 1.54. The van der Waals surface area contributed by atoms with Crippen LogP contribution in [-0.4, -0.2) is 62.5 Å². The molecule has 0 atom stereocenters. The average molecular weight is 430 g/mol. The third kappa shape index (κ3) is 6.32. The molecule has 0 radical (unpaired) electrons. The Morgan fingerprint density at radius 3 is 2.20 bits per heavy atom. The molecule has 0 bridgehead atoms. The summed E-state index contributed by atoms with van der Waals surface area (Å²) in [7, 11) is -3.36. The number of sulfonamides is 1. The maximum atomic E-state index is 12.8. The summed E-state index contributed by atoms with van der Waals surface area (Å²) in [4.78, 5) is 29.0. The number of nitrogens with one attached hydrogen (secondary N) is 1. The van der Waals surface area contributed by atoms with Gasteiger partial charge in [0.1, 0.15) is 0 Å². The minimum absolute atomic E-state index is 0.112. The SMILES string of the molecule is CS(=O)(=O)Nc1ccc(C(=O)N2CCCN(C(=O)CCc3ccccc3)CC2)cc1. The van der Waals surface area contributed by atoms with Gasteiger partial charge in [-0.25, -0.2) is 8.42 Å². The zero-order valence-corrected chi connectivity index (χ0v) is 17.9. The monoisotopic (exact) mass is 429 g/mol. The number of carbonyl (C=O) groups is 2. The molecule has 8 heteroatoms. The van der Waals surface area contributed by atoms with E-state index in [1.165, 1.54) is 0 Å². The van der Waals surface area contributed by atoms with Gasteiger partial charge in [-0.1, -0.05) is 30.3 Å². The summed E-state index contributed by atoms with van der Waals surface area (Å²) < 4.78 is 25.0. The Morgan fingerprint density at radius 1 is 0.900 bits per heavy atom. The highest BCUT2D eigenvalue weighted by atomic mass is 32.2. The van der Waals surface area contributed by atoms with E-state index in [-0.39, 0.29) is 11.8 Å². The highest BCUT2D eigenvalue weighted by Gasteiger charge is 2.22. The number of hydrogen-bond acceptors (Lipinski definition) is 4. The number of aryl methyl sites for hydroxylation is 1. The number of anilines is 1. The number of rotatable bonds is 6. The second-order valence-corrected chi connectivity index (χ2v) is 9.21. The van der Waals surface area contributed by atoms with Gasteiger partial charge in [0.2, 0.25) is 15.9 Å². The molecule has 1 heterocycles. The molecule has 3 rings (SSSR count). The maximum Gasteiger partial charge on any atom is 0.253 e. The first-order valence-corrected chi connectivity index (χ1v) is 11.9. The van der Waals surface area contributed by atoms with E-state index in [0.717, 1.165) is 18.2 Å². The van der Waals surface area contributed by atoms with Crippen molar-refractivity contribution < 1.29 is 18.0 Å². The van der Waals surface area contributed by atoms with Crippen LogP contribution in [0.1, 0.15) is 28.8 Å². The van der Waals surface area contributed by atoms with Gasteiger partial charge >= 0.3 is 0 Å². The molecule has 2 amide bonds. The van der Waals surface area contributed by atoms with E-state index in [2.05, 4.69) is 4.72 Å². The predicted octanol–water partition coefficient (Wildman–Crippen LogP) is 2.37. The van der Waals surface area contributed by atoms with E-state index in [9.17, 15) is 18.0 Å². The molecular formula is C22H27N3O4S. The average Bonchev–Trinajstić information content (AvgIpc) is 2.98. The number of nitrogens with zero attached hydrogens (tertiary/aromatic N) is 2. The van der Waals surface area contributed by atoms with Gasteiger partial charge in [-0.3, -0.25) is 14.3 Å². The standard InChI is InChI=1S/C22H27N3O4S/c1-30(28,29)23-20-11-9-19(10-12-20)22(27)25-15-5-14-24(16-17-25)21(26)13-8-18-6-3-2-4-7-18/h2-4,6-7,9-12,23H,5,8,13-17H2,1H3. The third-order valence-electron chi connectivity index (χ3n) is 5.04. The number of hydrogen-bond donors (Lipinski definition) is 1. The fourth-order valence-electron chi connectivity index (χ4n) is 3.50. The summed E-state index contributed by atoms with van der Waals surface area (Å²) in [5.74, 6) is 0.00356. The van der Waals surface area contributed by atoms with E-state index in [1.54, 1.807) is 29.2 Å². The van der Waals surface area contributed by atoms with E-state index in [4.69, 9.17) is 0 Å². The minimum Gasteiger partial charge on any atom is -0.341 e. The largest absolute Gasteiger partial charge is 0.341 e. The smallest absolute Gasteiger partial charge is 0.253 e. The molecule has 0 aromatic heterocycles. The quantitative estimate of drug-likeness (QED) is 0.764. The van der Waals surface area contributed by atoms with E-state index < -0.39 is 10.0 Å². The number of carbonyl (C=O) groups excluding carboxylic acids is 2. The summed E-state index contributed by atoms with van der Waals surface area (Å²) >= 11 is 0. The lowest BCUT2D eigenvalue weighted by Gasteiger charge is -2.22. The Labute approximate surface area is 177 Å². The van der Waals surface area contributed by atoms with Crippen molar-refractivity contribution in [2.45, 2.75) is 19.3 Å². The molecule has 1 fully saturated rings.